The Hall–Kier alpha value is -0.980. The van der Waals surface area contributed by atoms with Gasteiger partial charge < -0.3 is 5.73 Å². The standard InChI is InChI=1S/C13H19FN2O2S/c14-13-4-2-1-3-10(13)9-19(17,18)16-12-7-5-11(15)6-8-12/h1-4,11-12,16H,5-9,15H2. The summed E-state index contributed by atoms with van der Waals surface area (Å²) in [4.78, 5) is 0. The maximum Gasteiger partial charge on any atom is 0.216 e. The third kappa shape index (κ3) is 4.26. The van der Waals surface area contributed by atoms with Gasteiger partial charge in [-0.3, -0.25) is 0 Å². The third-order valence-electron chi connectivity index (χ3n) is 3.42. The van der Waals surface area contributed by atoms with Gasteiger partial charge in [0.15, 0.2) is 0 Å². The summed E-state index contributed by atoms with van der Waals surface area (Å²) in [7, 11) is -3.51. The molecule has 1 fully saturated rings. The predicted octanol–water partition coefficient (Wildman–Crippen LogP) is 1.51. The highest BCUT2D eigenvalue weighted by Crippen LogP contribution is 2.18. The molecule has 2 rings (SSSR count). The largest absolute Gasteiger partial charge is 0.328 e. The lowest BCUT2D eigenvalue weighted by molar-refractivity contribution is 0.373. The van der Waals surface area contributed by atoms with E-state index < -0.39 is 15.8 Å². The van der Waals surface area contributed by atoms with E-state index in [1.165, 1.54) is 12.1 Å². The molecule has 3 N–H and O–H groups in total. The number of hydrogen-bond donors (Lipinski definition) is 2. The summed E-state index contributed by atoms with van der Waals surface area (Å²) in [5, 5.41) is 0. The fourth-order valence-electron chi connectivity index (χ4n) is 2.35. The molecule has 6 heteroatoms. The number of hydrogen-bond acceptors (Lipinski definition) is 3. The molecule has 1 aliphatic carbocycles. The fraction of sp³-hybridized carbons (Fsp3) is 0.538. The maximum absolute atomic E-state index is 13.4. The quantitative estimate of drug-likeness (QED) is 0.881. The summed E-state index contributed by atoms with van der Waals surface area (Å²) in [5.41, 5.74) is 5.97. The van der Waals surface area contributed by atoms with Crippen molar-refractivity contribution in [1.82, 2.24) is 4.72 Å². The molecule has 0 amide bonds. The van der Waals surface area contributed by atoms with Crippen molar-refractivity contribution in [2.45, 2.75) is 43.5 Å². The average Bonchev–Trinajstić information content (AvgIpc) is 2.35. The van der Waals surface area contributed by atoms with Gasteiger partial charge in [-0.25, -0.2) is 17.5 Å². The summed E-state index contributed by atoms with van der Waals surface area (Å²) in [6, 6.07) is 6.04. The van der Waals surface area contributed by atoms with Crippen molar-refractivity contribution >= 4 is 10.0 Å². The Kier molecular flexibility index (Phi) is 4.54. The summed E-state index contributed by atoms with van der Waals surface area (Å²) < 4.78 is 40.1. The van der Waals surface area contributed by atoms with Crippen LogP contribution in [0.2, 0.25) is 0 Å². The Labute approximate surface area is 113 Å². The highest BCUT2D eigenvalue weighted by Gasteiger charge is 2.23. The number of sulfonamides is 1. The molecule has 0 spiro atoms. The molecule has 1 aromatic rings. The summed E-state index contributed by atoms with van der Waals surface area (Å²) in [6.07, 6.45) is 3.15. The minimum absolute atomic E-state index is 0.0726. The average molecular weight is 286 g/mol. The van der Waals surface area contributed by atoms with Gasteiger partial charge in [-0.1, -0.05) is 18.2 Å². The second kappa shape index (κ2) is 5.98. The maximum atomic E-state index is 13.4. The van der Waals surface area contributed by atoms with Gasteiger partial charge in [0.25, 0.3) is 0 Å². The van der Waals surface area contributed by atoms with Gasteiger partial charge in [-0.2, -0.15) is 0 Å². The van der Waals surface area contributed by atoms with E-state index in [0.717, 1.165) is 25.7 Å². The number of benzene rings is 1. The lowest BCUT2D eigenvalue weighted by Gasteiger charge is -2.26. The minimum atomic E-state index is -3.51. The summed E-state index contributed by atoms with van der Waals surface area (Å²) >= 11 is 0. The third-order valence-corrected chi connectivity index (χ3v) is 4.80. The molecule has 0 atom stereocenters. The normalized spacial score (nSPS) is 24.3. The van der Waals surface area contributed by atoms with Gasteiger partial charge in [-0.15, -0.1) is 0 Å². The molecule has 0 unspecified atom stereocenters. The Morgan fingerprint density at radius 2 is 1.84 bits per heavy atom. The first-order valence-corrected chi connectivity index (χ1v) is 8.10. The highest BCUT2D eigenvalue weighted by atomic mass is 32.2. The zero-order valence-electron chi connectivity index (χ0n) is 10.7. The Balaban J connectivity index is 1.97. The van der Waals surface area contributed by atoms with Crippen molar-refractivity contribution in [2.75, 3.05) is 0 Å². The first-order chi connectivity index (χ1) is 8.96. The molecule has 0 aromatic heterocycles. The SMILES string of the molecule is NC1CCC(NS(=O)(=O)Cc2ccccc2F)CC1. The molecule has 0 bridgehead atoms. The van der Waals surface area contributed by atoms with Crippen molar-refractivity contribution in [3.63, 3.8) is 0 Å². The first-order valence-electron chi connectivity index (χ1n) is 6.45. The van der Waals surface area contributed by atoms with Crippen molar-refractivity contribution in [2.24, 2.45) is 5.73 Å². The number of nitrogens with one attached hydrogen (secondary N) is 1. The van der Waals surface area contributed by atoms with Gasteiger partial charge >= 0.3 is 0 Å². The number of halogens is 1. The van der Waals surface area contributed by atoms with E-state index in [4.69, 9.17) is 5.73 Å². The van der Waals surface area contributed by atoms with Gasteiger partial charge in [-0.05, 0) is 31.7 Å². The molecule has 0 heterocycles. The second-order valence-corrected chi connectivity index (χ2v) is 6.83. The van der Waals surface area contributed by atoms with E-state index in [0.29, 0.717) is 0 Å². The molecule has 0 aliphatic heterocycles. The van der Waals surface area contributed by atoms with E-state index in [1.807, 2.05) is 0 Å². The lowest BCUT2D eigenvalue weighted by Crippen LogP contribution is -2.40. The molecule has 1 aliphatic rings. The molecule has 4 nitrogen and oxygen atoms in total. The highest BCUT2D eigenvalue weighted by molar-refractivity contribution is 7.88. The molecule has 106 valence electrons. The Morgan fingerprint density at radius 1 is 1.21 bits per heavy atom. The second-order valence-electron chi connectivity index (χ2n) is 5.08. The van der Waals surface area contributed by atoms with E-state index in [9.17, 15) is 12.8 Å². The van der Waals surface area contributed by atoms with E-state index in [2.05, 4.69) is 4.72 Å². The van der Waals surface area contributed by atoms with Gasteiger partial charge in [0.1, 0.15) is 5.82 Å². The van der Waals surface area contributed by atoms with Crippen molar-refractivity contribution < 1.29 is 12.8 Å². The van der Waals surface area contributed by atoms with Crippen LogP contribution in [-0.4, -0.2) is 20.5 Å². The molecular formula is C13H19FN2O2S. The van der Waals surface area contributed by atoms with E-state index in [1.54, 1.807) is 12.1 Å². The monoisotopic (exact) mass is 286 g/mol. The molecular weight excluding hydrogens is 267 g/mol. The van der Waals surface area contributed by atoms with Crippen LogP contribution in [-0.2, 0) is 15.8 Å². The van der Waals surface area contributed by atoms with Gasteiger partial charge in [0.05, 0.1) is 5.75 Å². The van der Waals surface area contributed by atoms with Crippen molar-refractivity contribution in [3.05, 3.63) is 35.6 Å². The van der Waals surface area contributed by atoms with Crippen LogP contribution < -0.4 is 10.5 Å². The smallest absolute Gasteiger partial charge is 0.216 e. The fourth-order valence-corrected chi connectivity index (χ4v) is 3.82. The van der Waals surface area contributed by atoms with Crippen LogP contribution in [0.5, 0.6) is 0 Å². The molecule has 1 saturated carbocycles. The zero-order valence-corrected chi connectivity index (χ0v) is 11.5. The first kappa shape index (κ1) is 14.4. The molecule has 19 heavy (non-hydrogen) atoms. The summed E-state index contributed by atoms with van der Waals surface area (Å²) in [5.74, 6) is -0.805. The van der Waals surface area contributed by atoms with Crippen LogP contribution >= 0.6 is 0 Å². The molecule has 0 radical (unpaired) electrons. The van der Waals surface area contributed by atoms with Crippen molar-refractivity contribution in [1.29, 1.82) is 0 Å². The number of nitrogens with two attached hydrogens (primary N) is 1. The topological polar surface area (TPSA) is 72.2 Å². The van der Waals surface area contributed by atoms with Crippen LogP contribution in [0, 0.1) is 5.82 Å². The predicted molar refractivity (Wildman–Crippen MR) is 72.4 cm³/mol. The van der Waals surface area contributed by atoms with Gasteiger partial charge in [0.2, 0.25) is 10.0 Å². The van der Waals surface area contributed by atoms with Crippen molar-refractivity contribution in [3.8, 4) is 0 Å². The van der Waals surface area contributed by atoms with Crippen LogP contribution in [0.15, 0.2) is 24.3 Å². The number of rotatable bonds is 4. The molecule has 1 aromatic carbocycles. The molecule has 0 saturated heterocycles. The van der Waals surface area contributed by atoms with E-state index >= 15 is 0 Å². The lowest BCUT2D eigenvalue weighted by atomic mass is 9.93. The van der Waals surface area contributed by atoms with Crippen LogP contribution in [0.25, 0.3) is 0 Å². The Morgan fingerprint density at radius 3 is 2.47 bits per heavy atom. The Bertz CT molecular complexity index is 525. The zero-order chi connectivity index (χ0) is 13.9. The minimum Gasteiger partial charge on any atom is -0.328 e. The van der Waals surface area contributed by atoms with Gasteiger partial charge in [0, 0.05) is 17.6 Å². The van der Waals surface area contributed by atoms with Crippen LogP contribution in [0.3, 0.4) is 0 Å². The van der Waals surface area contributed by atoms with E-state index in [-0.39, 0.29) is 23.4 Å². The van der Waals surface area contributed by atoms with Crippen LogP contribution in [0.4, 0.5) is 4.39 Å². The summed E-state index contributed by atoms with van der Waals surface area (Å²) in [6.45, 7) is 0. The van der Waals surface area contributed by atoms with Crippen LogP contribution in [0.1, 0.15) is 31.2 Å².